The third-order valence-electron chi connectivity index (χ3n) is 3.38. The molecule has 1 atom stereocenters. The predicted molar refractivity (Wildman–Crippen MR) is 104 cm³/mol. The minimum atomic E-state index is -0.633. The van der Waals surface area contributed by atoms with Crippen molar-refractivity contribution in [1.29, 1.82) is 0 Å². The van der Waals surface area contributed by atoms with Crippen LogP contribution in [-0.2, 0) is 4.79 Å². The molecule has 0 aliphatic carbocycles. The standard InChI is InChI=1S/C18H19N3O2S2/c1-11(2)24-18-21-20-17(25-18)19-16(22)12(3)23-15-9-8-13-6-4-5-7-14(13)10-15/h4-12H,1-3H3,(H,19,20,22)/t12-/m0/s1. The summed E-state index contributed by atoms with van der Waals surface area (Å²) in [7, 11) is 0. The lowest BCUT2D eigenvalue weighted by molar-refractivity contribution is -0.122. The number of benzene rings is 2. The quantitative estimate of drug-likeness (QED) is 0.505. The minimum Gasteiger partial charge on any atom is -0.481 e. The molecular weight excluding hydrogens is 354 g/mol. The van der Waals surface area contributed by atoms with Crippen molar-refractivity contribution < 1.29 is 9.53 Å². The molecule has 130 valence electrons. The minimum absolute atomic E-state index is 0.245. The zero-order chi connectivity index (χ0) is 17.8. The van der Waals surface area contributed by atoms with E-state index in [-0.39, 0.29) is 5.91 Å². The summed E-state index contributed by atoms with van der Waals surface area (Å²) in [5.74, 6) is 0.417. The first-order chi connectivity index (χ1) is 12.0. The Morgan fingerprint density at radius 3 is 2.64 bits per heavy atom. The molecule has 3 rings (SSSR count). The zero-order valence-electron chi connectivity index (χ0n) is 14.2. The monoisotopic (exact) mass is 373 g/mol. The van der Waals surface area contributed by atoms with Crippen molar-refractivity contribution >= 4 is 44.9 Å². The zero-order valence-corrected chi connectivity index (χ0v) is 15.9. The van der Waals surface area contributed by atoms with E-state index in [1.165, 1.54) is 11.3 Å². The smallest absolute Gasteiger partial charge is 0.266 e. The van der Waals surface area contributed by atoms with E-state index in [0.717, 1.165) is 15.1 Å². The summed E-state index contributed by atoms with van der Waals surface area (Å²) in [5, 5.41) is 13.9. The highest BCUT2D eigenvalue weighted by Gasteiger charge is 2.17. The van der Waals surface area contributed by atoms with Gasteiger partial charge in [-0.2, -0.15) is 0 Å². The van der Waals surface area contributed by atoms with Crippen molar-refractivity contribution in [3.63, 3.8) is 0 Å². The van der Waals surface area contributed by atoms with Crippen LogP contribution in [0.25, 0.3) is 10.8 Å². The number of carbonyl (C=O) groups excluding carboxylic acids is 1. The second-order valence-corrected chi connectivity index (χ2v) is 8.60. The Labute approximate surface area is 154 Å². The third kappa shape index (κ3) is 4.70. The van der Waals surface area contributed by atoms with E-state index >= 15 is 0 Å². The summed E-state index contributed by atoms with van der Waals surface area (Å²) in [5.41, 5.74) is 0. The van der Waals surface area contributed by atoms with Crippen molar-refractivity contribution in [2.24, 2.45) is 0 Å². The van der Waals surface area contributed by atoms with Crippen LogP contribution in [0.4, 0.5) is 5.13 Å². The van der Waals surface area contributed by atoms with Gasteiger partial charge in [-0.25, -0.2) is 0 Å². The van der Waals surface area contributed by atoms with Gasteiger partial charge in [-0.1, -0.05) is 67.3 Å². The van der Waals surface area contributed by atoms with Gasteiger partial charge in [0.15, 0.2) is 10.4 Å². The summed E-state index contributed by atoms with van der Waals surface area (Å²) >= 11 is 2.99. The highest BCUT2D eigenvalue weighted by molar-refractivity contribution is 8.01. The van der Waals surface area contributed by atoms with E-state index < -0.39 is 6.10 Å². The molecule has 0 bridgehead atoms. The van der Waals surface area contributed by atoms with Crippen LogP contribution in [0.5, 0.6) is 5.75 Å². The molecule has 0 spiro atoms. The fourth-order valence-electron chi connectivity index (χ4n) is 2.21. The number of carbonyl (C=O) groups is 1. The molecule has 7 heteroatoms. The molecule has 0 aliphatic rings. The Kier molecular flexibility index (Phi) is 5.55. The molecule has 1 aromatic heterocycles. The summed E-state index contributed by atoms with van der Waals surface area (Å²) in [6, 6.07) is 13.8. The average Bonchev–Trinajstić information content (AvgIpc) is 3.00. The summed E-state index contributed by atoms with van der Waals surface area (Å²) in [6.45, 7) is 5.89. The Bertz CT molecular complexity index is 879. The number of nitrogens with zero attached hydrogens (tertiary/aromatic N) is 2. The Balaban J connectivity index is 1.62. The van der Waals surface area contributed by atoms with Gasteiger partial charge < -0.3 is 4.74 Å². The summed E-state index contributed by atoms with van der Waals surface area (Å²) < 4.78 is 6.61. The molecule has 5 nitrogen and oxygen atoms in total. The predicted octanol–water partition coefficient (Wildman–Crippen LogP) is 4.60. The second kappa shape index (κ2) is 7.84. The number of aromatic nitrogens is 2. The van der Waals surface area contributed by atoms with Gasteiger partial charge in [0.05, 0.1) is 0 Å². The van der Waals surface area contributed by atoms with Crippen molar-refractivity contribution in [2.45, 2.75) is 36.5 Å². The number of ether oxygens (including phenoxy) is 1. The number of anilines is 1. The Morgan fingerprint density at radius 2 is 1.88 bits per heavy atom. The molecule has 3 aromatic rings. The van der Waals surface area contributed by atoms with Crippen molar-refractivity contribution in [3.8, 4) is 5.75 Å². The molecule has 0 unspecified atom stereocenters. The number of hydrogen-bond donors (Lipinski definition) is 1. The number of rotatable bonds is 6. The SMILES string of the molecule is CC(C)Sc1nnc(NC(=O)[C@H](C)Oc2ccc3ccccc3c2)s1. The van der Waals surface area contributed by atoms with Crippen LogP contribution in [0.1, 0.15) is 20.8 Å². The van der Waals surface area contributed by atoms with Crippen LogP contribution in [0.3, 0.4) is 0 Å². The van der Waals surface area contributed by atoms with Crippen LogP contribution in [0, 0.1) is 0 Å². The molecule has 0 saturated carbocycles. The van der Waals surface area contributed by atoms with Crippen LogP contribution in [-0.4, -0.2) is 27.5 Å². The van der Waals surface area contributed by atoms with Crippen LogP contribution < -0.4 is 10.1 Å². The fraction of sp³-hybridized carbons (Fsp3) is 0.278. The van der Waals surface area contributed by atoms with Gasteiger partial charge in [-0.3, -0.25) is 10.1 Å². The van der Waals surface area contributed by atoms with Gasteiger partial charge in [0, 0.05) is 5.25 Å². The van der Waals surface area contributed by atoms with Crippen LogP contribution in [0.15, 0.2) is 46.8 Å². The van der Waals surface area contributed by atoms with Gasteiger partial charge in [-0.05, 0) is 29.8 Å². The molecule has 0 saturated heterocycles. The average molecular weight is 374 g/mol. The lowest BCUT2D eigenvalue weighted by Gasteiger charge is -2.14. The number of thioether (sulfide) groups is 1. The normalized spacial score (nSPS) is 12.3. The van der Waals surface area contributed by atoms with E-state index in [0.29, 0.717) is 16.1 Å². The Hall–Kier alpha value is -2.12. The molecule has 0 aliphatic heterocycles. The van der Waals surface area contributed by atoms with Crippen molar-refractivity contribution in [2.75, 3.05) is 5.32 Å². The van der Waals surface area contributed by atoms with E-state index in [2.05, 4.69) is 29.4 Å². The topological polar surface area (TPSA) is 64.1 Å². The number of hydrogen-bond acceptors (Lipinski definition) is 6. The molecule has 25 heavy (non-hydrogen) atoms. The summed E-state index contributed by atoms with van der Waals surface area (Å²) in [4.78, 5) is 12.3. The van der Waals surface area contributed by atoms with E-state index in [1.807, 2.05) is 42.5 Å². The third-order valence-corrected chi connectivity index (χ3v) is 5.30. The molecular formula is C18H19N3O2S2. The molecule has 1 N–H and O–H groups in total. The summed E-state index contributed by atoms with van der Waals surface area (Å²) in [6.07, 6.45) is -0.633. The maximum Gasteiger partial charge on any atom is 0.266 e. The largest absolute Gasteiger partial charge is 0.481 e. The molecule has 0 radical (unpaired) electrons. The highest BCUT2D eigenvalue weighted by atomic mass is 32.2. The van der Waals surface area contributed by atoms with Gasteiger partial charge in [0.1, 0.15) is 5.75 Å². The lowest BCUT2D eigenvalue weighted by Crippen LogP contribution is -2.30. The molecule has 1 heterocycles. The van der Waals surface area contributed by atoms with Gasteiger partial charge in [-0.15, -0.1) is 10.2 Å². The molecule has 0 fully saturated rings. The highest BCUT2D eigenvalue weighted by Crippen LogP contribution is 2.28. The van der Waals surface area contributed by atoms with E-state index in [4.69, 9.17) is 4.74 Å². The van der Waals surface area contributed by atoms with Crippen LogP contribution >= 0.6 is 23.1 Å². The second-order valence-electron chi connectivity index (χ2n) is 5.80. The molecule has 2 aromatic carbocycles. The van der Waals surface area contributed by atoms with Gasteiger partial charge in [0.2, 0.25) is 5.13 Å². The van der Waals surface area contributed by atoms with E-state index in [9.17, 15) is 4.79 Å². The first-order valence-corrected chi connectivity index (χ1v) is 9.67. The molecule has 1 amide bonds. The van der Waals surface area contributed by atoms with Crippen molar-refractivity contribution in [1.82, 2.24) is 10.2 Å². The van der Waals surface area contributed by atoms with Crippen molar-refractivity contribution in [3.05, 3.63) is 42.5 Å². The number of fused-ring (bicyclic) bond motifs is 1. The number of amides is 1. The number of nitrogens with one attached hydrogen (secondary N) is 1. The lowest BCUT2D eigenvalue weighted by atomic mass is 10.1. The van der Waals surface area contributed by atoms with Gasteiger partial charge >= 0.3 is 0 Å². The first kappa shape index (κ1) is 17.7. The Morgan fingerprint density at radius 1 is 1.12 bits per heavy atom. The van der Waals surface area contributed by atoms with Gasteiger partial charge in [0.25, 0.3) is 5.91 Å². The maximum atomic E-state index is 12.3. The van der Waals surface area contributed by atoms with E-state index in [1.54, 1.807) is 18.7 Å². The fourth-order valence-corrected chi connectivity index (χ4v) is 4.19. The first-order valence-electron chi connectivity index (χ1n) is 7.98. The maximum absolute atomic E-state index is 12.3. The van der Waals surface area contributed by atoms with Crippen LogP contribution in [0.2, 0.25) is 0 Å².